The number of hydrogen-bond acceptors (Lipinski definition) is 7. The van der Waals surface area contributed by atoms with Crippen LogP contribution >= 0.6 is 0 Å². The van der Waals surface area contributed by atoms with Crippen molar-refractivity contribution in [3.05, 3.63) is 36.2 Å². The first kappa shape index (κ1) is 21.3. The van der Waals surface area contributed by atoms with Gasteiger partial charge in [0.25, 0.3) is 5.91 Å². The maximum atomic E-state index is 12.9. The summed E-state index contributed by atoms with van der Waals surface area (Å²) in [6, 6.07) is 1.89. The van der Waals surface area contributed by atoms with Crippen LogP contribution in [0.2, 0.25) is 0 Å². The number of likely N-dealkylation sites (tertiary alicyclic amines) is 1. The topological polar surface area (TPSA) is 138 Å². The summed E-state index contributed by atoms with van der Waals surface area (Å²) in [6.45, 7) is -0.371. The minimum atomic E-state index is -5.38. The average Bonchev–Trinajstić information content (AvgIpc) is 3.03. The molecule has 12 heteroatoms. The molecule has 160 valence electrons. The number of pyridine rings is 1. The Morgan fingerprint density at radius 1 is 1.30 bits per heavy atom. The SMILES string of the molecule is COc1cc2ccncc2cc1C(N)[C@@]1(OC(=O)C(F)(F)F)CCN(C(N)=O)C1=O. The number of benzene rings is 1. The van der Waals surface area contributed by atoms with E-state index in [2.05, 4.69) is 9.72 Å². The van der Waals surface area contributed by atoms with Gasteiger partial charge in [-0.1, -0.05) is 0 Å². The van der Waals surface area contributed by atoms with Crippen LogP contribution in [0.15, 0.2) is 30.6 Å². The molecule has 2 atom stereocenters. The normalized spacial score (nSPS) is 20.3. The largest absolute Gasteiger partial charge is 0.496 e. The first-order chi connectivity index (χ1) is 14.0. The minimum Gasteiger partial charge on any atom is -0.496 e. The lowest BCUT2D eigenvalue weighted by Crippen LogP contribution is -2.54. The molecule has 0 spiro atoms. The van der Waals surface area contributed by atoms with Gasteiger partial charge in [0.15, 0.2) is 0 Å². The number of ether oxygens (including phenoxy) is 2. The Labute approximate surface area is 167 Å². The second-order valence-electron chi connectivity index (χ2n) is 6.62. The number of methoxy groups -OCH3 is 1. The zero-order valence-electron chi connectivity index (χ0n) is 15.6. The van der Waals surface area contributed by atoms with Crippen molar-refractivity contribution >= 4 is 28.7 Å². The summed E-state index contributed by atoms with van der Waals surface area (Å²) in [5.74, 6) is -3.71. The van der Waals surface area contributed by atoms with E-state index in [1.165, 1.54) is 25.6 Å². The van der Waals surface area contributed by atoms with Crippen LogP contribution in [0.1, 0.15) is 18.0 Å². The number of hydrogen-bond donors (Lipinski definition) is 2. The number of amides is 3. The summed E-state index contributed by atoms with van der Waals surface area (Å²) in [5, 5.41) is 1.24. The molecule has 1 unspecified atom stereocenters. The van der Waals surface area contributed by atoms with Crippen LogP contribution in [0.5, 0.6) is 5.75 Å². The number of halogens is 3. The second kappa shape index (κ2) is 7.44. The fourth-order valence-electron chi connectivity index (χ4n) is 3.40. The summed E-state index contributed by atoms with van der Waals surface area (Å²) < 4.78 is 48.6. The predicted molar refractivity (Wildman–Crippen MR) is 96.0 cm³/mol. The third-order valence-electron chi connectivity index (χ3n) is 4.91. The highest BCUT2D eigenvalue weighted by atomic mass is 19.4. The van der Waals surface area contributed by atoms with E-state index in [-0.39, 0.29) is 17.9 Å². The van der Waals surface area contributed by atoms with Gasteiger partial charge in [0.1, 0.15) is 5.75 Å². The molecule has 1 aliphatic rings. The number of esters is 1. The lowest BCUT2D eigenvalue weighted by atomic mass is 9.86. The highest BCUT2D eigenvalue weighted by molar-refractivity contribution is 6.02. The van der Waals surface area contributed by atoms with Crippen molar-refractivity contribution in [1.29, 1.82) is 0 Å². The van der Waals surface area contributed by atoms with Gasteiger partial charge >= 0.3 is 18.2 Å². The number of urea groups is 1. The Morgan fingerprint density at radius 3 is 2.57 bits per heavy atom. The van der Waals surface area contributed by atoms with E-state index in [1.54, 1.807) is 12.1 Å². The van der Waals surface area contributed by atoms with Gasteiger partial charge < -0.3 is 20.9 Å². The van der Waals surface area contributed by atoms with E-state index >= 15 is 0 Å². The van der Waals surface area contributed by atoms with Crippen molar-refractivity contribution in [2.45, 2.75) is 24.2 Å². The van der Waals surface area contributed by atoms with Crippen LogP contribution in [0.3, 0.4) is 0 Å². The van der Waals surface area contributed by atoms with Crippen molar-refractivity contribution < 1.29 is 37.0 Å². The number of carbonyl (C=O) groups excluding carboxylic acids is 3. The number of fused-ring (bicyclic) bond motifs is 1. The van der Waals surface area contributed by atoms with Gasteiger partial charge in [-0.25, -0.2) is 9.59 Å². The summed E-state index contributed by atoms with van der Waals surface area (Å²) in [7, 11) is 1.30. The maximum Gasteiger partial charge on any atom is 0.490 e. The number of nitrogens with zero attached hydrogens (tertiary/aromatic N) is 2. The fourth-order valence-corrected chi connectivity index (χ4v) is 3.40. The highest BCUT2D eigenvalue weighted by Gasteiger charge is 2.59. The Hall–Kier alpha value is -3.41. The quantitative estimate of drug-likeness (QED) is 0.705. The van der Waals surface area contributed by atoms with Crippen molar-refractivity contribution in [3.8, 4) is 5.75 Å². The number of primary amides is 1. The summed E-state index contributed by atoms with van der Waals surface area (Å²) >= 11 is 0. The molecule has 0 radical (unpaired) electrons. The fraction of sp³-hybridized carbons (Fsp3) is 0.333. The molecule has 1 aromatic heterocycles. The maximum absolute atomic E-state index is 12.9. The molecule has 1 saturated heterocycles. The minimum absolute atomic E-state index is 0.0904. The molecule has 2 heterocycles. The summed E-state index contributed by atoms with van der Waals surface area (Å²) in [5.41, 5.74) is 8.91. The van der Waals surface area contributed by atoms with Crippen molar-refractivity contribution in [2.24, 2.45) is 11.5 Å². The Kier molecular flexibility index (Phi) is 5.29. The third kappa shape index (κ3) is 3.49. The molecule has 3 amide bonds. The van der Waals surface area contributed by atoms with Gasteiger partial charge in [-0.15, -0.1) is 0 Å². The van der Waals surface area contributed by atoms with Crippen molar-refractivity contribution in [2.75, 3.05) is 13.7 Å². The molecule has 30 heavy (non-hydrogen) atoms. The Balaban J connectivity index is 2.15. The molecule has 9 nitrogen and oxygen atoms in total. The van der Waals surface area contributed by atoms with Gasteiger partial charge in [0, 0.05) is 36.3 Å². The summed E-state index contributed by atoms with van der Waals surface area (Å²) in [4.78, 5) is 40.5. The molecule has 1 fully saturated rings. The van der Waals surface area contributed by atoms with Crippen LogP contribution in [-0.4, -0.2) is 53.2 Å². The number of imide groups is 1. The van der Waals surface area contributed by atoms with E-state index in [0.29, 0.717) is 15.7 Å². The van der Waals surface area contributed by atoms with E-state index in [9.17, 15) is 27.6 Å². The number of aromatic nitrogens is 1. The van der Waals surface area contributed by atoms with Crippen LogP contribution in [0.4, 0.5) is 18.0 Å². The van der Waals surface area contributed by atoms with Crippen molar-refractivity contribution in [1.82, 2.24) is 9.88 Å². The molecule has 2 aromatic rings. The standard InChI is InChI=1S/C18H17F3N4O5/c1-29-12-7-9-2-4-24-8-10(9)6-11(12)13(22)17(30-15(27)18(19,20)21)3-5-25(14(17)26)16(23)28/h2,4,6-8,13H,3,5,22H2,1H3,(H2,23,28)/t13?,17-/m0/s1. The first-order valence-electron chi connectivity index (χ1n) is 8.60. The first-order valence-corrected chi connectivity index (χ1v) is 8.60. The third-order valence-corrected chi connectivity index (χ3v) is 4.91. The molecular formula is C18H17F3N4O5. The molecule has 1 aromatic carbocycles. The van der Waals surface area contributed by atoms with E-state index in [1.807, 2.05) is 0 Å². The van der Waals surface area contributed by atoms with Gasteiger partial charge in [0.05, 0.1) is 13.2 Å². The smallest absolute Gasteiger partial charge is 0.490 e. The van der Waals surface area contributed by atoms with E-state index in [4.69, 9.17) is 16.2 Å². The number of carbonyl (C=O) groups is 3. The molecular weight excluding hydrogens is 409 g/mol. The van der Waals surface area contributed by atoms with Crippen molar-refractivity contribution in [3.63, 3.8) is 0 Å². The Morgan fingerprint density at radius 2 is 2.00 bits per heavy atom. The zero-order valence-corrected chi connectivity index (χ0v) is 15.6. The predicted octanol–water partition coefficient (Wildman–Crippen LogP) is 1.40. The lowest BCUT2D eigenvalue weighted by Gasteiger charge is -2.34. The molecule has 1 aliphatic heterocycles. The van der Waals surface area contributed by atoms with Crippen LogP contribution in [-0.2, 0) is 14.3 Å². The van der Waals surface area contributed by atoms with E-state index < -0.39 is 42.1 Å². The summed E-state index contributed by atoms with van der Waals surface area (Å²) in [6.07, 6.45) is -2.86. The van der Waals surface area contributed by atoms with Crippen LogP contribution < -0.4 is 16.2 Å². The molecule has 0 saturated carbocycles. The van der Waals surface area contributed by atoms with Gasteiger partial charge in [-0.05, 0) is 23.6 Å². The van der Waals surface area contributed by atoms with E-state index in [0.717, 1.165) is 0 Å². The van der Waals surface area contributed by atoms with Gasteiger partial charge in [-0.3, -0.25) is 14.7 Å². The van der Waals surface area contributed by atoms with Crippen LogP contribution in [0.25, 0.3) is 10.8 Å². The number of alkyl halides is 3. The highest BCUT2D eigenvalue weighted by Crippen LogP contribution is 2.42. The number of rotatable bonds is 4. The number of nitrogens with two attached hydrogens (primary N) is 2. The van der Waals surface area contributed by atoms with Gasteiger partial charge in [-0.2, -0.15) is 13.2 Å². The monoisotopic (exact) mass is 426 g/mol. The molecule has 0 aliphatic carbocycles. The van der Waals surface area contributed by atoms with Crippen LogP contribution in [0, 0.1) is 0 Å². The average molecular weight is 426 g/mol. The molecule has 4 N–H and O–H groups in total. The zero-order chi connectivity index (χ0) is 22.3. The second-order valence-corrected chi connectivity index (χ2v) is 6.62. The van der Waals surface area contributed by atoms with Gasteiger partial charge in [0.2, 0.25) is 5.60 Å². The lowest BCUT2D eigenvalue weighted by molar-refractivity contribution is -0.215. The Bertz CT molecular complexity index is 1030. The molecule has 0 bridgehead atoms. The molecule has 3 rings (SSSR count).